The van der Waals surface area contributed by atoms with Crippen molar-refractivity contribution < 1.29 is 14.6 Å². The minimum absolute atomic E-state index is 0.310. The van der Waals surface area contributed by atoms with Gasteiger partial charge in [-0.25, -0.2) is 4.79 Å². The Bertz CT molecular complexity index is 668. The number of fused-ring (bicyclic) bond motifs is 1. The Labute approximate surface area is 121 Å². The number of rotatable bonds is 3. The van der Waals surface area contributed by atoms with Crippen LogP contribution in [0.1, 0.15) is 17.5 Å². The van der Waals surface area contributed by atoms with E-state index in [0.717, 1.165) is 23.3 Å². The summed E-state index contributed by atoms with van der Waals surface area (Å²) in [5.74, 6) is -0.486. The average Bonchev–Trinajstić information content (AvgIpc) is 2.45. The number of allylic oxidation sites excluding steroid dienone is 2. The molecule has 1 N–H and O–H groups in total. The van der Waals surface area contributed by atoms with Crippen LogP contribution >= 0.6 is 11.6 Å². The molecular weight excluding hydrogens is 278 g/mol. The lowest BCUT2D eigenvalue weighted by molar-refractivity contribution is -0.132. The minimum Gasteiger partial charge on any atom is -0.497 e. The summed E-state index contributed by atoms with van der Waals surface area (Å²) in [7, 11) is 1.60. The van der Waals surface area contributed by atoms with E-state index in [9.17, 15) is 4.79 Å². The van der Waals surface area contributed by atoms with Crippen molar-refractivity contribution in [2.24, 2.45) is 0 Å². The standard InChI is InChI=1S/C15H12ClNO3/c1-20-12-4-5-13-9(7-12)2-3-10(14(13)16)6-11(8-17)15(18)19/h4-7H,2-3H2,1H3,(H,18,19)/b11-6-. The average molecular weight is 290 g/mol. The highest BCUT2D eigenvalue weighted by molar-refractivity contribution is 6.49. The molecule has 1 aliphatic rings. The van der Waals surface area contributed by atoms with Crippen LogP contribution in [0.3, 0.4) is 0 Å². The number of ether oxygens (including phenoxy) is 1. The molecule has 20 heavy (non-hydrogen) atoms. The number of halogens is 1. The van der Waals surface area contributed by atoms with Crippen LogP contribution in [-0.4, -0.2) is 18.2 Å². The third kappa shape index (κ3) is 2.68. The molecule has 2 rings (SSSR count). The number of benzene rings is 1. The lowest BCUT2D eigenvalue weighted by atomic mass is 9.91. The van der Waals surface area contributed by atoms with E-state index in [2.05, 4.69) is 0 Å². The number of carboxylic acid groups (broad SMARTS) is 1. The summed E-state index contributed by atoms with van der Waals surface area (Å²) >= 11 is 6.31. The first-order chi connectivity index (χ1) is 9.56. The van der Waals surface area contributed by atoms with Gasteiger partial charge in [0.15, 0.2) is 0 Å². The van der Waals surface area contributed by atoms with Crippen molar-refractivity contribution in [3.05, 3.63) is 46.5 Å². The molecule has 1 aromatic carbocycles. The summed E-state index contributed by atoms with van der Waals surface area (Å²) in [5, 5.41) is 18.2. The van der Waals surface area contributed by atoms with Crippen LogP contribution in [0.25, 0.3) is 5.03 Å². The van der Waals surface area contributed by atoms with Gasteiger partial charge in [0.2, 0.25) is 0 Å². The third-order valence-corrected chi connectivity index (χ3v) is 3.61. The maximum Gasteiger partial charge on any atom is 0.346 e. The minimum atomic E-state index is -1.25. The van der Waals surface area contributed by atoms with Crippen LogP contribution in [0.15, 0.2) is 35.4 Å². The van der Waals surface area contributed by atoms with E-state index in [1.165, 1.54) is 6.08 Å². The van der Waals surface area contributed by atoms with Gasteiger partial charge in [-0.05, 0) is 53.8 Å². The number of hydrogen-bond donors (Lipinski definition) is 1. The van der Waals surface area contributed by atoms with Crippen molar-refractivity contribution in [2.45, 2.75) is 12.8 Å². The number of aliphatic carboxylic acids is 1. The molecule has 0 radical (unpaired) electrons. The van der Waals surface area contributed by atoms with Gasteiger partial charge in [-0.3, -0.25) is 0 Å². The van der Waals surface area contributed by atoms with Crippen LogP contribution in [0.5, 0.6) is 5.75 Å². The van der Waals surface area contributed by atoms with Gasteiger partial charge in [0, 0.05) is 0 Å². The first kappa shape index (κ1) is 14.2. The highest BCUT2D eigenvalue weighted by Gasteiger charge is 2.18. The molecular formula is C15H12ClNO3. The Morgan fingerprint density at radius 1 is 1.50 bits per heavy atom. The number of methoxy groups -OCH3 is 1. The van der Waals surface area contributed by atoms with E-state index in [1.54, 1.807) is 19.2 Å². The molecule has 102 valence electrons. The summed E-state index contributed by atoms with van der Waals surface area (Å²) < 4.78 is 5.16. The molecule has 5 heteroatoms. The number of carboxylic acids is 1. The van der Waals surface area contributed by atoms with Crippen molar-refractivity contribution >= 4 is 22.6 Å². The fourth-order valence-corrected chi connectivity index (χ4v) is 2.46. The molecule has 0 atom stereocenters. The summed E-state index contributed by atoms with van der Waals surface area (Å²) in [6.45, 7) is 0. The number of aryl methyl sites for hydroxylation is 1. The summed E-state index contributed by atoms with van der Waals surface area (Å²) in [4.78, 5) is 10.9. The molecule has 0 aromatic heterocycles. The van der Waals surface area contributed by atoms with Gasteiger partial charge in [0.1, 0.15) is 17.4 Å². The number of hydrogen-bond acceptors (Lipinski definition) is 3. The van der Waals surface area contributed by atoms with E-state index < -0.39 is 5.97 Å². The molecule has 1 aromatic rings. The maximum atomic E-state index is 10.9. The van der Waals surface area contributed by atoms with Crippen molar-refractivity contribution in [1.29, 1.82) is 5.26 Å². The first-order valence-electron chi connectivity index (χ1n) is 5.98. The summed E-state index contributed by atoms with van der Waals surface area (Å²) in [6.07, 6.45) is 2.67. The highest BCUT2D eigenvalue weighted by atomic mass is 35.5. The molecule has 0 saturated carbocycles. The van der Waals surface area contributed by atoms with Crippen molar-refractivity contribution in [3.8, 4) is 11.8 Å². The number of nitrogens with zero attached hydrogens (tertiary/aromatic N) is 1. The molecule has 0 bridgehead atoms. The molecule has 0 saturated heterocycles. The smallest absolute Gasteiger partial charge is 0.346 e. The second-order valence-electron chi connectivity index (χ2n) is 4.34. The predicted octanol–water partition coefficient (Wildman–Crippen LogP) is 3.13. The zero-order valence-electron chi connectivity index (χ0n) is 10.8. The van der Waals surface area contributed by atoms with Gasteiger partial charge in [-0.2, -0.15) is 5.26 Å². The quantitative estimate of drug-likeness (QED) is 0.685. The van der Waals surface area contributed by atoms with Crippen molar-refractivity contribution in [1.82, 2.24) is 0 Å². The van der Waals surface area contributed by atoms with E-state index in [4.69, 9.17) is 26.7 Å². The normalized spacial score (nSPS) is 14.6. The molecule has 0 heterocycles. The highest BCUT2D eigenvalue weighted by Crippen LogP contribution is 2.36. The molecule has 0 amide bonds. The van der Waals surface area contributed by atoms with E-state index >= 15 is 0 Å². The Morgan fingerprint density at radius 3 is 2.85 bits per heavy atom. The molecule has 4 nitrogen and oxygen atoms in total. The molecule has 0 aliphatic heterocycles. The Hall–Kier alpha value is -2.25. The SMILES string of the molecule is COc1ccc2c(c1)CCC(/C=C(/C#N)C(=O)O)=C2Cl. The van der Waals surface area contributed by atoms with Gasteiger partial charge in [0.25, 0.3) is 0 Å². The lowest BCUT2D eigenvalue weighted by Gasteiger charge is -2.18. The summed E-state index contributed by atoms with van der Waals surface area (Å²) in [6, 6.07) is 7.22. The first-order valence-corrected chi connectivity index (χ1v) is 6.35. The Kier molecular flexibility index (Phi) is 4.11. The maximum absolute atomic E-state index is 10.9. The monoisotopic (exact) mass is 289 g/mol. The van der Waals surface area contributed by atoms with Crippen LogP contribution in [0, 0.1) is 11.3 Å². The van der Waals surface area contributed by atoms with Gasteiger partial charge in [-0.15, -0.1) is 0 Å². The van der Waals surface area contributed by atoms with Crippen LogP contribution < -0.4 is 4.74 Å². The van der Waals surface area contributed by atoms with E-state index in [0.29, 0.717) is 17.0 Å². The van der Waals surface area contributed by atoms with Gasteiger partial charge in [-0.1, -0.05) is 11.6 Å². The topological polar surface area (TPSA) is 70.3 Å². The zero-order valence-corrected chi connectivity index (χ0v) is 11.6. The van der Waals surface area contributed by atoms with Crippen molar-refractivity contribution in [3.63, 3.8) is 0 Å². The zero-order chi connectivity index (χ0) is 14.7. The molecule has 1 aliphatic carbocycles. The lowest BCUT2D eigenvalue weighted by Crippen LogP contribution is -2.04. The second-order valence-corrected chi connectivity index (χ2v) is 4.72. The fraction of sp³-hybridized carbons (Fsp3) is 0.200. The number of carbonyl (C=O) groups is 1. The van der Waals surface area contributed by atoms with E-state index in [-0.39, 0.29) is 5.57 Å². The van der Waals surface area contributed by atoms with Crippen LogP contribution in [0.2, 0.25) is 0 Å². The van der Waals surface area contributed by atoms with Gasteiger partial charge >= 0.3 is 5.97 Å². The van der Waals surface area contributed by atoms with Gasteiger partial charge in [0.05, 0.1) is 12.1 Å². The molecule has 0 fully saturated rings. The largest absolute Gasteiger partial charge is 0.497 e. The number of nitriles is 1. The molecule has 0 unspecified atom stereocenters. The van der Waals surface area contributed by atoms with Crippen LogP contribution in [-0.2, 0) is 11.2 Å². The Morgan fingerprint density at radius 2 is 2.25 bits per heavy atom. The second kappa shape index (κ2) is 5.81. The van der Waals surface area contributed by atoms with E-state index in [1.807, 2.05) is 12.1 Å². The van der Waals surface area contributed by atoms with Gasteiger partial charge < -0.3 is 9.84 Å². The summed E-state index contributed by atoms with van der Waals surface area (Å²) in [5.41, 5.74) is 2.27. The van der Waals surface area contributed by atoms with Crippen LogP contribution in [0.4, 0.5) is 0 Å². The van der Waals surface area contributed by atoms with Crippen molar-refractivity contribution in [2.75, 3.05) is 7.11 Å². The fourth-order valence-electron chi connectivity index (χ4n) is 2.12. The molecule has 0 spiro atoms. The Balaban J connectivity index is 2.47. The predicted molar refractivity (Wildman–Crippen MR) is 75.4 cm³/mol. The third-order valence-electron chi connectivity index (χ3n) is 3.16.